The number of carbonyl (C=O) groups excluding carboxylic acids is 1. The van der Waals surface area contributed by atoms with Gasteiger partial charge in [-0.1, -0.05) is 0 Å². The van der Waals surface area contributed by atoms with Crippen molar-refractivity contribution in [3.63, 3.8) is 0 Å². The first-order valence-corrected chi connectivity index (χ1v) is 6.76. The van der Waals surface area contributed by atoms with Gasteiger partial charge in [-0.3, -0.25) is 9.69 Å². The highest BCUT2D eigenvalue weighted by Gasteiger charge is 2.09. The Morgan fingerprint density at radius 2 is 2.00 bits per heavy atom. The molecule has 0 radical (unpaired) electrons. The number of hydrogen-bond donors (Lipinski definition) is 1. The van der Waals surface area contributed by atoms with E-state index < -0.39 is 0 Å². The van der Waals surface area contributed by atoms with Gasteiger partial charge in [0, 0.05) is 5.56 Å². The van der Waals surface area contributed by atoms with Crippen molar-refractivity contribution in [3.8, 4) is 5.75 Å². The van der Waals surface area contributed by atoms with Gasteiger partial charge in [0.05, 0.1) is 13.2 Å². The van der Waals surface area contributed by atoms with Crippen molar-refractivity contribution in [2.24, 2.45) is 0 Å². The zero-order valence-electron chi connectivity index (χ0n) is 12.1. The van der Waals surface area contributed by atoms with E-state index in [4.69, 9.17) is 4.74 Å². The number of nitrogens with zero attached hydrogens (tertiary/aromatic N) is 1. The predicted molar refractivity (Wildman–Crippen MR) is 78.0 cm³/mol. The van der Waals surface area contributed by atoms with Crippen LogP contribution >= 0.6 is 0 Å². The number of nitrogens with one attached hydrogen (secondary N) is 1. The van der Waals surface area contributed by atoms with Gasteiger partial charge < -0.3 is 10.1 Å². The Balaban J connectivity index is 2.44. The van der Waals surface area contributed by atoms with Crippen LogP contribution in [-0.4, -0.2) is 51.0 Å². The molecule has 1 rings (SSSR count). The Morgan fingerprint density at radius 3 is 2.58 bits per heavy atom. The number of rotatable bonds is 9. The van der Waals surface area contributed by atoms with E-state index in [0.29, 0.717) is 13.2 Å². The summed E-state index contributed by atoms with van der Waals surface area (Å²) in [5.41, 5.74) is 0.740. The summed E-state index contributed by atoms with van der Waals surface area (Å²) in [4.78, 5) is 14.1. The van der Waals surface area contributed by atoms with E-state index in [2.05, 4.69) is 10.2 Å². The smallest absolute Gasteiger partial charge is 0.176 e. The van der Waals surface area contributed by atoms with Gasteiger partial charge in [-0.25, -0.2) is 0 Å². The minimum atomic E-state index is 0.148. The highest BCUT2D eigenvalue weighted by atomic mass is 16.5. The molecule has 1 N–H and O–H groups in total. The second kappa shape index (κ2) is 8.67. The van der Waals surface area contributed by atoms with Crippen molar-refractivity contribution in [2.45, 2.75) is 13.3 Å². The molecule has 0 amide bonds. The average Bonchev–Trinajstić information content (AvgIpc) is 2.40. The number of ether oxygens (including phenoxy) is 1. The van der Waals surface area contributed by atoms with Gasteiger partial charge in [0.15, 0.2) is 5.78 Å². The van der Waals surface area contributed by atoms with Crippen LogP contribution in [0.1, 0.15) is 23.7 Å². The molecule has 0 bridgehead atoms. The summed E-state index contributed by atoms with van der Waals surface area (Å²) < 4.78 is 5.36. The van der Waals surface area contributed by atoms with Crippen LogP contribution in [0.3, 0.4) is 0 Å². The standard InChI is InChI=1S/C15H24N2O2/c1-4-19-14-8-6-13(7-9-14)15(18)12-17(3)11-5-10-16-2/h6-9,16H,4-5,10-12H2,1-3H3. The molecule has 0 aliphatic carbocycles. The molecular formula is C15H24N2O2. The van der Waals surface area contributed by atoms with E-state index in [9.17, 15) is 4.79 Å². The number of benzene rings is 1. The molecule has 0 saturated carbocycles. The van der Waals surface area contributed by atoms with Gasteiger partial charge in [0.25, 0.3) is 0 Å². The maximum atomic E-state index is 12.1. The first-order valence-electron chi connectivity index (χ1n) is 6.76. The van der Waals surface area contributed by atoms with Crippen molar-refractivity contribution in [3.05, 3.63) is 29.8 Å². The molecule has 0 atom stereocenters. The maximum Gasteiger partial charge on any atom is 0.176 e. The fraction of sp³-hybridized carbons (Fsp3) is 0.533. The van der Waals surface area contributed by atoms with Crippen LogP contribution in [0.2, 0.25) is 0 Å². The summed E-state index contributed by atoms with van der Waals surface area (Å²) in [6.45, 7) is 4.93. The van der Waals surface area contributed by atoms with Crippen molar-refractivity contribution < 1.29 is 9.53 Å². The summed E-state index contributed by atoms with van der Waals surface area (Å²) in [6, 6.07) is 7.35. The Hall–Kier alpha value is -1.39. The molecule has 19 heavy (non-hydrogen) atoms. The van der Waals surface area contributed by atoms with Crippen LogP contribution in [0.4, 0.5) is 0 Å². The summed E-state index contributed by atoms with van der Waals surface area (Å²) in [5, 5.41) is 3.10. The number of carbonyl (C=O) groups is 1. The van der Waals surface area contributed by atoms with E-state index in [1.165, 1.54) is 0 Å². The molecule has 0 heterocycles. The zero-order valence-corrected chi connectivity index (χ0v) is 12.1. The van der Waals surface area contributed by atoms with Crippen molar-refractivity contribution >= 4 is 5.78 Å². The third kappa shape index (κ3) is 5.85. The highest BCUT2D eigenvalue weighted by Crippen LogP contribution is 2.12. The third-order valence-electron chi connectivity index (χ3n) is 2.87. The molecule has 0 saturated heterocycles. The number of likely N-dealkylation sites (N-methyl/N-ethyl adjacent to an activating group) is 1. The number of ketones is 1. The second-order valence-corrected chi connectivity index (χ2v) is 4.58. The topological polar surface area (TPSA) is 41.6 Å². The zero-order chi connectivity index (χ0) is 14.1. The fourth-order valence-corrected chi connectivity index (χ4v) is 1.84. The summed E-state index contributed by atoms with van der Waals surface area (Å²) in [7, 11) is 3.91. The molecule has 4 nitrogen and oxygen atoms in total. The fourth-order valence-electron chi connectivity index (χ4n) is 1.84. The molecule has 0 aliphatic heterocycles. The number of Topliss-reactive ketones (excluding diaryl/α,β-unsaturated/α-hetero) is 1. The average molecular weight is 264 g/mol. The molecule has 0 fully saturated rings. The molecule has 0 spiro atoms. The Labute approximate surface area is 115 Å². The Kier molecular flexibility index (Phi) is 7.15. The summed E-state index contributed by atoms with van der Waals surface area (Å²) in [5.74, 6) is 0.955. The molecular weight excluding hydrogens is 240 g/mol. The van der Waals surface area contributed by atoms with Crippen molar-refractivity contribution in [2.75, 3.05) is 40.3 Å². The van der Waals surface area contributed by atoms with Crippen LogP contribution in [0.5, 0.6) is 5.75 Å². The Bertz CT molecular complexity index is 376. The van der Waals surface area contributed by atoms with Gasteiger partial charge in [0.2, 0.25) is 0 Å². The molecule has 0 aliphatic rings. The Morgan fingerprint density at radius 1 is 1.32 bits per heavy atom. The molecule has 0 aromatic heterocycles. The van der Waals surface area contributed by atoms with Gasteiger partial charge >= 0.3 is 0 Å². The van der Waals surface area contributed by atoms with Crippen LogP contribution in [0, 0.1) is 0 Å². The normalized spacial score (nSPS) is 10.7. The lowest BCUT2D eigenvalue weighted by Crippen LogP contribution is -2.28. The van der Waals surface area contributed by atoms with E-state index >= 15 is 0 Å². The van der Waals surface area contributed by atoms with E-state index in [0.717, 1.165) is 30.8 Å². The first kappa shape index (κ1) is 15.7. The monoisotopic (exact) mass is 264 g/mol. The van der Waals surface area contributed by atoms with Crippen LogP contribution in [-0.2, 0) is 0 Å². The molecule has 1 aromatic carbocycles. The van der Waals surface area contributed by atoms with Crippen LogP contribution in [0.25, 0.3) is 0 Å². The van der Waals surface area contributed by atoms with Crippen LogP contribution < -0.4 is 10.1 Å². The first-order chi connectivity index (χ1) is 9.17. The lowest BCUT2D eigenvalue weighted by Gasteiger charge is -2.15. The van der Waals surface area contributed by atoms with E-state index in [1.54, 1.807) is 0 Å². The predicted octanol–water partition coefficient (Wildman–Crippen LogP) is 1.81. The highest BCUT2D eigenvalue weighted by molar-refractivity contribution is 5.97. The van der Waals surface area contributed by atoms with E-state index in [-0.39, 0.29) is 5.78 Å². The largest absolute Gasteiger partial charge is 0.494 e. The summed E-state index contributed by atoms with van der Waals surface area (Å²) in [6.07, 6.45) is 1.05. The lowest BCUT2D eigenvalue weighted by molar-refractivity contribution is 0.0946. The van der Waals surface area contributed by atoms with E-state index in [1.807, 2.05) is 45.3 Å². The summed E-state index contributed by atoms with van der Waals surface area (Å²) >= 11 is 0. The second-order valence-electron chi connectivity index (χ2n) is 4.58. The van der Waals surface area contributed by atoms with Gasteiger partial charge in [-0.2, -0.15) is 0 Å². The quantitative estimate of drug-likeness (QED) is 0.545. The van der Waals surface area contributed by atoms with Crippen molar-refractivity contribution in [1.29, 1.82) is 0 Å². The van der Waals surface area contributed by atoms with Gasteiger partial charge in [-0.15, -0.1) is 0 Å². The van der Waals surface area contributed by atoms with Crippen LogP contribution in [0.15, 0.2) is 24.3 Å². The SMILES string of the molecule is CCOc1ccc(C(=O)CN(C)CCCNC)cc1. The maximum absolute atomic E-state index is 12.1. The molecule has 4 heteroatoms. The number of hydrogen-bond acceptors (Lipinski definition) is 4. The molecule has 106 valence electrons. The minimum Gasteiger partial charge on any atom is -0.494 e. The lowest BCUT2D eigenvalue weighted by atomic mass is 10.1. The minimum absolute atomic E-state index is 0.148. The van der Waals surface area contributed by atoms with Gasteiger partial charge in [0.1, 0.15) is 5.75 Å². The third-order valence-corrected chi connectivity index (χ3v) is 2.87. The van der Waals surface area contributed by atoms with Crippen molar-refractivity contribution in [1.82, 2.24) is 10.2 Å². The van der Waals surface area contributed by atoms with Gasteiger partial charge in [-0.05, 0) is 64.8 Å². The molecule has 0 unspecified atom stereocenters. The molecule has 1 aromatic rings.